The van der Waals surface area contributed by atoms with Crippen LogP contribution in [0.3, 0.4) is 0 Å². The molecular weight excluding hydrogens is 651 g/mol. The number of phenols is 1. The molecule has 1 fully saturated rings. The van der Waals surface area contributed by atoms with Crippen LogP contribution in [0.1, 0.15) is 70.6 Å². The smallest absolute Gasteiger partial charge is 0.339 e. The molecule has 0 radical (unpaired) electrons. The van der Waals surface area contributed by atoms with Gasteiger partial charge in [-0.2, -0.15) is 0 Å². The summed E-state index contributed by atoms with van der Waals surface area (Å²) < 4.78 is 72.8. The standard InChI is InChI=1S/C36H33F5N2O4S/c1-21-7-14-26(15-8-21)48-42(19-28-31(37)33(39)35(41)34(40)32(28)38)20-30(45)43(25-13-16-27(36(46)47)29(44)17-25)18-22-9-11-24(12-10-22)23-5-3-2-4-6-23/h7-17,23,44H,2-6,18-20H2,1H3,(H,46,47). The molecule has 0 spiro atoms. The quantitative estimate of drug-likeness (QED) is 0.0711. The van der Waals surface area contributed by atoms with Crippen LogP contribution in [0, 0.1) is 36.0 Å². The third-order valence-corrected chi connectivity index (χ3v) is 9.42. The van der Waals surface area contributed by atoms with Gasteiger partial charge in [0.2, 0.25) is 11.7 Å². The number of rotatable bonds is 11. The zero-order valence-corrected chi connectivity index (χ0v) is 26.8. The van der Waals surface area contributed by atoms with Crippen LogP contribution in [0.25, 0.3) is 0 Å². The number of carboxylic acid groups (broad SMARTS) is 1. The zero-order chi connectivity index (χ0) is 34.5. The van der Waals surface area contributed by atoms with Gasteiger partial charge in [0.1, 0.15) is 11.3 Å². The Labute approximate surface area is 278 Å². The maximum Gasteiger partial charge on any atom is 0.339 e. The van der Waals surface area contributed by atoms with Gasteiger partial charge >= 0.3 is 5.97 Å². The molecule has 1 aliphatic carbocycles. The maximum absolute atomic E-state index is 14.8. The Morgan fingerprint density at radius 2 is 1.40 bits per heavy atom. The largest absolute Gasteiger partial charge is 0.507 e. The van der Waals surface area contributed by atoms with Gasteiger partial charge in [0.25, 0.3) is 0 Å². The topological polar surface area (TPSA) is 81.1 Å². The van der Waals surface area contributed by atoms with Gasteiger partial charge in [-0.1, -0.05) is 61.2 Å². The number of carbonyl (C=O) groups is 2. The van der Waals surface area contributed by atoms with E-state index in [4.69, 9.17) is 0 Å². The van der Waals surface area contributed by atoms with Gasteiger partial charge in [-0.15, -0.1) is 0 Å². The molecule has 0 atom stereocenters. The van der Waals surface area contributed by atoms with Gasteiger partial charge in [-0.05, 0) is 73.0 Å². The lowest BCUT2D eigenvalue weighted by Gasteiger charge is -2.28. The van der Waals surface area contributed by atoms with Crippen LogP contribution in [0.4, 0.5) is 27.6 Å². The number of aromatic hydroxyl groups is 1. The Balaban J connectivity index is 1.48. The maximum atomic E-state index is 14.8. The van der Waals surface area contributed by atoms with Crippen molar-refractivity contribution < 1.29 is 41.8 Å². The first kappa shape index (κ1) is 34.9. The highest BCUT2D eigenvalue weighted by Gasteiger charge is 2.29. The highest BCUT2D eigenvalue weighted by molar-refractivity contribution is 7.97. The molecule has 4 aromatic rings. The molecular formula is C36H33F5N2O4S. The SMILES string of the molecule is Cc1ccc(SN(CC(=O)N(Cc2ccc(C3CCCCC3)cc2)c2ccc(C(=O)O)c(O)c2)Cc2c(F)c(F)c(F)c(F)c2F)cc1. The molecule has 6 nitrogen and oxygen atoms in total. The van der Waals surface area contributed by atoms with Crippen LogP contribution < -0.4 is 4.90 Å². The van der Waals surface area contributed by atoms with Crippen LogP contribution in [0.5, 0.6) is 5.75 Å². The van der Waals surface area contributed by atoms with E-state index in [1.54, 1.807) is 24.3 Å². The van der Waals surface area contributed by atoms with E-state index in [2.05, 4.69) is 0 Å². The summed E-state index contributed by atoms with van der Waals surface area (Å²) in [6.07, 6.45) is 5.72. The number of halogens is 5. The predicted octanol–water partition coefficient (Wildman–Crippen LogP) is 8.88. The number of aromatic carboxylic acids is 1. The van der Waals surface area contributed by atoms with Crippen molar-refractivity contribution in [1.82, 2.24) is 4.31 Å². The number of hydrogen-bond donors (Lipinski definition) is 2. The molecule has 0 aliphatic heterocycles. The Morgan fingerprint density at radius 3 is 1.98 bits per heavy atom. The fourth-order valence-electron chi connectivity index (χ4n) is 5.78. The lowest BCUT2D eigenvalue weighted by atomic mass is 9.84. The second-order valence-corrected chi connectivity index (χ2v) is 13.0. The molecule has 0 unspecified atom stereocenters. The molecule has 1 amide bonds. The Morgan fingerprint density at radius 1 is 0.792 bits per heavy atom. The number of amides is 1. The van der Waals surface area contributed by atoms with Gasteiger partial charge in [0, 0.05) is 28.8 Å². The number of nitrogens with zero attached hydrogens (tertiary/aromatic N) is 2. The van der Waals surface area contributed by atoms with Crippen LogP contribution in [0.2, 0.25) is 0 Å². The summed E-state index contributed by atoms with van der Waals surface area (Å²) in [6.45, 7) is 0.416. The summed E-state index contributed by atoms with van der Waals surface area (Å²) in [4.78, 5) is 27.4. The first-order valence-corrected chi connectivity index (χ1v) is 16.2. The molecule has 0 saturated heterocycles. The van der Waals surface area contributed by atoms with Gasteiger partial charge in [-0.25, -0.2) is 31.1 Å². The number of aryl methyl sites for hydroxylation is 1. The molecule has 48 heavy (non-hydrogen) atoms. The lowest BCUT2D eigenvalue weighted by molar-refractivity contribution is -0.118. The van der Waals surface area contributed by atoms with Crippen LogP contribution in [-0.2, 0) is 17.9 Å². The van der Waals surface area contributed by atoms with E-state index in [0.29, 0.717) is 16.4 Å². The van der Waals surface area contributed by atoms with E-state index in [9.17, 15) is 41.8 Å². The summed E-state index contributed by atoms with van der Waals surface area (Å²) in [5, 5.41) is 19.9. The van der Waals surface area contributed by atoms with E-state index in [1.165, 1.54) is 27.3 Å². The third-order valence-electron chi connectivity index (χ3n) is 8.42. The molecule has 0 aromatic heterocycles. The van der Waals surface area contributed by atoms with Crippen LogP contribution in [-0.4, -0.2) is 32.9 Å². The summed E-state index contributed by atoms with van der Waals surface area (Å²) in [5.41, 5.74) is 1.45. The number of benzene rings is 4. The molecule has 252 valence electrons. The highest BCUT2D eigenvalue weighted by atomic mass is 32.2. The minimum atomic E-state index is -2.28. The van der Waals surface area contributed by atoms with Crippen molar-refractivity contribution in [2.24, 2.45) is 0 Å². The second kappa shape index (κ2) is 15.2. The average Bonchev–Trinajstić information content (AvgIpc) is 3.08. The van der Waals surface area contributed by atoms with E-state index in [1.807, 2.05) is 31.2 Å². The first-order chi connectivity index (χ1) is 22.9. The van der Waals surface area contributed by atoms with Gasteiger partial charge < -0.3 is 15.1 Å². The van der Waals surface area contributed by atoms with Crippen molar-refractivity contribution in [3.8, 4) is 5.75 Å². The Hall–Kier alpha value is -4.42. The van der Waals surface area contributed by atoms with E-state index < -0.39 is 65.4 Å². The van der Waals surface area contributed by atoms with Crippen molar-refractivity contribution in [2.75, 3.05) is 11.4 Å². The van der Waals surface area contributed by atoms with Crippen molar-refractivity contribution >= 4 is 29.5 Å². The minimum absolute atomic E-state index is 0.0266. The normalized spacial score (nSPS) is 13.6. The molecule has 0 heterocycles. The molecule has 1 saturated carbocycles. The fourth-order valence-corrected chi connectivity index (χ4v) is 6.70. The highest BCUT2D eigenvalue weighted by Crippen LogP contribution is 2.34. The molecule has 4 aromatic carbocycles. The van der Waals surface area contributed by atoms with Crippen molar-refractivity contribution in [1.29, 1.82) is 0 Å². The van der Waals surface area contributed by atoms with Crippen molar-refractivity contribution in [3.63, 3.8) is 0 Å². The molecule has 5 rings (SSSR count). The van der Waals surface area contributed by atoms with Crippen molar-refractivity contribution in [2.45, 2.75) is 62.9 Å². The predicted molar refractivity (Wildman–Crippen MR) is 172 cm³/mol. The number of hydrogen-bond acceptors (Lipinski definition) is 5. The summed E-state index contributed by atoms with van der Waals surface area (Å²) in [5.74, 6) is -12.7. The van der Waals surface area contributed by atoms with Crippen LogP contribution in [0.15, 0.2) is 71.6 Å². The first-order valence-electron chi connectivity index (χ1n) is 15.4. The van der Waals surface area contributed by atoms with E-state index in [-0.39, 0.29) is 17.8 Å². The monoisotopic (exact) mass is 684 g/mol. The molecule has 1 aliphatic rings. The van der Waals surface area contributed by atoms with E-state index in [0.717, 1.165) is 55.3 Å². The third kappa shape index (κ3) is 7.99. The average molecular weight is 685 g/mol. The lowest BCUT2D eigenvalue weighted by Crippen LogP contribution is -2.38. The molecule has 12 heteroatoms. The zero-order valence-electron chi connectivity index (χ0n) is 26.0. The Kier molecular flexibility index (Phi) is 11.1. The summed E-state index contributed by atoms with van der Waals surface area (Å²) in [7, 11) is 0. The number of carboxylic acids is 1. The van der Waals surface area contributed by atoms with Crippen LogP contribution >= 0.6 is 11.9 Å². The Bertz CT molecular complexity index is 1770. The second-order valence-electron chi connectivity index (χ2n) is 11.8. The van der Waals surface area contributed by atoms with Gasteiger partial charge in [-0.3, -0.25) is 4.79 Å². The summed E-state index contributed by atoms with van der Waals surface area (Å²) >= 11 is 0.887. The number of anilines is 1. The van der Waals surface area contributed by atoms with Gasteiger partial charge in [0.05, 0.1) is 13.1 Å². The number of carbonyl (C=O) groups excluding carboxylic acids is 1. The van der Waals surface area contributed by atoms with Gasteiger partial charge in [0.15, 0.2) is 23.3 Å². The molecule has 0 bridgehead atoms. The van der Waals surface area contributed by atoms with Crippen molar-refractivity contribution in [3.05, 3.63) is 124 Å². The summed E-state index contributed by atoms with van der Waals surface area (Å²) in [6, 6.07) is 18.3. The fraction of sp³-hybridized carbons (Fsp3) is 0.278. The van der Waals surface area contributed by atoms with E-state index >= 15 is 0 Å². The minimum Gasteiger partial charge on any atom is -0.507 e. The molecule has 2 N–H and O–H groups in total.